The molecule has 1 aromatic rings. The van der Waals surface area contributed by atoms with Gasteiger partial charge in [-0.05, 0) is 50.7 Å². The lowest BCUT2D eigenvalue weighted by Crippen LogP contribution is -2.40. The molecule has 1 aromatic carbocycles. The second-order valence-corrected chi connectivity index (χ2v) is 7.47. The Labute approximate surface area is 153 Å². The minimum atomic E-state index is -0.394. The van der Waals surface area contributed by atoms with Gasteiger partial charge >= 0.3 is 0 Å². The van der Waals surface area contributed by atoms with Crippen LogP contribution in [0.5, 0.6) is 0 Å². The summed E-state index contributed by atoms with van der Waals surface area (Å²) < 4.78 is 5.59. The van der Waals surface area contributed by atoms with E-state index in [1.807, 2.05) is 6.92 Å². The zero-order chi connectivity index (χ0) is 18.7. The van der Waals surface area contributed by atoms with E-state index >= 15 is 0 Å². The minimum Gasteiger partial charge on any atom is -0.376 e. The number of anilines is 1. The number of carbonyl (C=O) groups is 1. The van der Waals surface area contributed by atoms with Crippen LogP contribution < -0.4 is 10.2 Å². The van der Waals surface area contributed by atoms with Crippen LogP contribution in [0.2, 0.25) is 0 Å². The lowest BCUT2D eigenvalue weighted by atomic mass is 9.99. The Morgan fingerprint density at radius 1 is 1.38 bits per heavy atom. The van der Waals surface area contributed by atoms with E-state index in [1.165, 1.54) is 6.07 Å². The molecule has 2 aliphatic rings. The van der Waals surface area contributed by atoms with E-state index in [4.69, 9.17) is 4.74 Å². The van der Waals surface area contributed by atoms with Gasteiger partial charge < -0.3 is 15.0 Å². The summed E-state index contributed by atoms with van der Waals surface area (Å²) >= 11 is 0. The number of nitro groups is 1. The van der Waals surface area contributed by atoms with Gasteiger partial charge in [-0.15, -0.1) is 0 Å². The van der Waals surface area contributed by atoms with Gasteiger partial charge in [0, 0.05) is 31.3 Å². The number of nitrogens with zero attached hydrogens (tertiary/aromatic N) is 2. The molecule has 142 valence electrons. The van der Waals surface area contributed by atoms with Crippen molar-refractivity contribution in [3.8, 4) is 0 Å². The van der Waals surface area contributed by atoms with Crippen molar-refractivity contribution >= 4 is 17.3 Å². The number of rotatable bonds is 5. The van der Waals surface area contributed by atoms with Crippen molar-refractivity contribution in [2.24, 2.45) is 5.92 Å². The molecule has 3 rings (SSSR count). The first-order chi connectivity index (χ1) is 12.5. The largest absolute Gasteiger partial charge is 0.376 e. The van der Waals surface area contributed by atoms with Crippen LogP contribution in [0.15, 0.2) is 18.2 Å². The molecule has 1 amide bonds. The smallest absolute Gasteiger partial charge is 0.293 e. The first-order valence-corrected chi connectivity index (χ1v) is 9.41. The van der Waals surface area contributed by atoms with E-state index in [0.29, 0.717) is 17.2 Å². The van der Waals surface area contributed by atoms with E-state index in [-0.39, 0.29) is 23.7 Å². The third-order valence-electron chi connectivity index (χ3n) is 5.31. The van der Waals surface area contributed by atoms with Gasteiger partial charge in [0.15, 0.2) is 0 Å². The van der Waals surface area contributed by atoms with Gasteiger partial charge in [-0.25, -0.2) is 0 Å². The lowest BCUT2D eigenvalue weighted by Gasteiger charge is -2.32. The average molecular weight is 361 g/mol. The van der Waals surface area contributed by atoms with Crippen molar-refractivity contribution in [3.63, 3.8) is 0 Å². The van der Waals surface area contributed by atoms with Crippen LogP contribution >= 0.6 is 0 Å². The number of nitro benzene ring substituents is 1. The Balaban J connectivity index is 1.77. The van der Waals surface area contributed by atoms with Gasteiger partial charge in [-0.2, -0.15) is 0 Å². The zero-order valence-electron chi connectivity index (χ0n) is 15.4. The molecule has 3 atom stereocenters. The van der Waals surface area contributed by atoms with Crippen LogP contribution in [0, 0.1) is 16.0 Å². The molecule has 0 aliphatic carbocycles. The number of nitrogens with one attached hydrogen (secondary N) is 1. The first kappa shape index (κ1) is 18.6. The van der Waals surface area contributed by atoms with E-state index < -0.39 is 4.92 Å². The molecule has 1 N–H and O–H groups in total. The predicted molar refractivity (Wildman–Crippen MR) is 99.6 cm³/mol. The maximum Gasteiger partial charge on any atom is 0.293 e. The first-order valence-electron chi connectivity index (χ1n) is 9.41. The molecule has 0 spiro atoms. The fourth-order valence-corrected chi connectivity index (χ4v) is 3.87. The second-order valence-electron chi connectivity index (χ2n) is 7.47. The summed E-state index contributed by atoms with van der Waals surface area (Å²) in [6, 6.07) is 4.67. The SMILES string of the molecule is CC1CCCN(c2ccc(C(=O)NC(C)C3CCCO3)cc2[N+](=O)[O-])C1. The van der Waals surface area contributed by atoms with Gasteiger partial charge in [0.1, 0.15) is 5.69 Å². The number of hydrogen-bond acceptors (Lipinski definition) is 5. The Morgan fingerprint density at radius 3 is 2.85 bits per heavy atom. The standard InChI is InChI=1S/C19H27N3O4/c1-13-5-3-9-21(12-13)16-8-7-15(11-17(16)22(24)25)19(23)20-14(2)18-6-4-10-26-18/h7-8,11,13-14,18H,3-6,9-10,12H2,1-2H3,(H,20,23). The summed E-state index contributed by atoms with van der Waals surface area (Å²) in [5.41, 5.74) is 0.914. The Morgan fingerprint density at radius 2 is 2.19 bits per heavy atom. The van der Waals surface area contributed by atoms with Crippen LogP contribution in [-0.2, 0) is 4.74 Å². The van der Waals surface area contributed by atoms with E-state index in [9.17, 15) is 14.9 Å². The van der Waals surface area contributed by atoms with E-state index in [0.717, 1.165) is 45.4 Å². The van der Waals surface area contributed by atoms with Gasteiger partial charge in [0.05, 0.1) is 17.1 Å². The molecule has 0 radical (unpaired) electrons. The molecule has 2 heterocycles. The fraction of sp³-hybridized carbons (Fsp3) is 0.632. The summed E-state index contributed by atoms with van der Waals surface area (Å²) in [4.78, 5) is 25.8. The minimum absolute atomic E-state index is 0.00322. The zero-order valence-corrected chi connectivity index (χ0v) is 15.4. The van der Waals surface area contributed by atoms with Gasteiger partial charge in [0.2, 0.25) is 0 Å². The van der Waals surface area contributed by atoms with Crippen LogP contribution in [0.25, 0.3) is 0 Å². The number of carbonyl (C=O) groups excluding carboxylic acids is 1. The maximum absolute atomic E-state index is 12.5. The average Bonchev–Trinajstić information content (AvgIpc) is 3.16. The highest BCUT2D eigenvalue weighted by Gasteiger charge is 2.27. The van der Waals surface area contributed by atoms with Gasteiger partial charge in [0.25, 0.3) is 11.6 Å². The second kappa shape index (κ2) is 8.03. The third-order valence-corrected chi connectivity index (χ3v) is 5.31. The highest BCUT2D eigenvalue weighted by molar-refractivity contribution is 5.96. The normalized spacial score (nSPS) is 24.3. The summed E-state index contributed by atoms with van der Waals surface area (Å²) in [6.07, 6.45) is 4.11. The Hall–Kier alpha value is -2.15. The number of hydrogen-bond donors (Lipinski definition) is 1. The van der Waals surface area contributed by atoms with Crippen molar-refractivity contribution < 1.29 is 14.5 Å². The highest BCUT2D eigenvalue weighted by Crippen LogP contribution is 2.32. The van der Waals surface area contributed by atoms with Crippen molar-refractivity contribution in [3.05, 3.63) is 33.9 Å². The lowest BCUT2D eigenvalue weighted by molar-refractivity contribution is -0.384. The molecule has 26 heavy (non-hydrogen) atoms. The topological polar surface area (TPSA) is 84.7 Å². The number of benzene rings is 1. The van der Waals surface area contributed by atoms with Gasteiger partial charge in [-0.3, -0.25) is 14.9 Å². The quantitative estimate of drug-likeness (QED) is 0.643. The molecule has 2 fully saturated rings. The van der Waals surface area contributed by atoms with Crippen molar-refractivity contribution in [2.75, 3.05) is 24.6 Å². The molecule has 7 heteroatoms. The number of amides is 1. The van der Waals surface area contributed by atoms with Crippen molar-refractivity contribution in [1.82, 2.24) is 5.32 Å². The van der Waals surface area contributed by atoms with Gasteiger partial charge in [-0.1, -0.05) is 6.92 Å². The molecular weight excluding hydrogens is 334 g/mol. The summed E-state index contributed by atoms with van der Waals surface area (Å²) in [5.74, 6) is 0.216. The van der Waals surface area contributed by atoms with Crippen LogP contribution in [-0.4, -0.2) is 42.7 Å². The third kappa shape index (κ3) is 4.15. The van der Waals surface area contributed by atoms with Crippen LogP contribution in [0.1, 0.15) is 49.9 Å². The van der Waals surface area contributed by atoms with Crippen LogP contribution in [0.4, 0.5) is 11.4 Å². The predicted octanol–water partition coefficient (Wildman–Crippen LogP) is 3.13. The molecule has 0 aromatic heterocycles. The van der Waals surface area contributed by atoms with Crippen LogP contribution in [0.3, 0.4) is 0 Å². The monoisotopic (exact) mass is 361 g/mol. The molecule has 2 aliphatic heterocycles. The molecule has 3 unspecified atom stereocenters. The molecule has 2 saturated heterocycles. The van der Waals surface area contributed by atoms with Crippen molar-refractivity contribution in [1.29, 1.82) is 0 Å². The van der Waals surface area contributed by atoms with E-state index in [1.54, 1.807) is 12.1 Å². The maximum atomic E-state index is 12.5. The molecule has 7 nitrogen and oxygen atoms in total. The molecular formula is C19H27N3O4. The van der Waals surface area contributed by atoms with Crippen molar-refractivity contribution in [2.45, 2.75) is 51.7 Å². The Bertz CT molecular complexity index is 673. The van der Waals surface area contributed by atoms with E-state index in [2.05, 4.69) is 17.1 Å². The highest BCUT2D eigenvalue weighted by atomic mass is 16.6. The summed E-state index contributed by atoms with van der Waals surface area (Å²) in [5, 5.41) is 14.5. The fourth-order valence-electron chi connectivity index (χ4n) is 3.87. The number of piperidine rings is 1. The number of ether oxygens (including phenoxy) is 1. The summed E-state index contributed by atoms with van der Waals surface area (Å²) in [6.45, 7) is 6.41. The summed E-state index contributed by atoms with van der Waals surface area (Å²) in [7, 11) is 0. The Kier molecular flexibility index (Phi) is 5.76. The molecule has 0 saturated carbocycles. The molecule has 0 bridgehead atoms.